The lowest BCUT2D eigenvalue weighted by molar-refractivity contribution is -0.0622. The molecule has 2 rings (SSSR count). The van der Waals surface area contributed by atoms with E-state index in [0.29, 0.717) is 32.0 Å². The summed E-state index contributed by atoms with van der Waals surface area (Å²) in [6.07, 6.45) is 0.653. The van der Waals surface area contributed by atoms with Crippen LogP contribution < -0.4 is 18.9 Å². The third kappa shape index (κ3) is 10.7. The van der Waals surface area contributed by atoms with Gasteiger partial charge in [0.15, 0.2) is 12.6 Å². The third-order valence-electron chi connectivity index (χ3n) is 4.93. The van der Waals surface area contributed by atoms with Gasteiger partial charge in [-0.05, 0) is 52.0 Å². The van der Waals surface area contributed by atoms with E-state index in [0.717, 1.165) is 34.8 Å². The van der Waals surface area contributed by atoms with Gasteiger partial charge in [0.1, 0.15) is 23.0 Å². The van der Waals surface area contributed by atoms with Gasteiger partial charge in [-0.2, -0.15) is 0 Å². The minimum Gasteiger partial charge on any atom is -0.496 e. The number of benzene rings is 2. The third-order valence-corrected chi connectivity index (χ3v) is 4.93. The van der Waals surface area contributed by atoms with Crippen LogP contribution in [0.2, 0.25) is 0 Å². The highest BCUT2D eigenvalue weighted by Gasteiger charge is 2.13. The number of ether oxygens (including phenoxy) is 7. The van der Waals surface area contributed by atoms with Crippen molar-refractivity contribution in [1.29, 1.82) is 0 Å². The van der Waals surface area contributed by atoms with Gasteiger partial charge in [-0.15, -0.1) is 0 Å². The molecular weight excluding hydrogens is 452 g/mol. The van der Waals surface area contributed by atoms with Crippen molar-refractivity contribution in [2.75, 3.05) is 47.8 Å². The van der Waals surface area contributed by atoms with Crippen molar-refractivity contribution in [3.8, 4) is 23.0 Å². The van der Waals surface area contributed by atoms with Crippen molar-refractivity contribution in [2.45, 2.75) is 53.1 Å². The monoisotopic (exact) mass is 494 g/mol. The van der Waals surface area contributed by atoms with Gasteiger partial charge < -0.3 is 38.3 Å². The molecular formula is C27H42O8. The highest BCUT2D eigenvalue weighted by molar-refractivity contribution is 5.45. The molecule has 0 saturated carbocycles. The fourth-order valence-corrected chi connectivity index (χ4v) is 3.40. The summed E-state index contributed by atoms with van der Waals surface area (Å²) in [7, 11) is 4.94. The molecule has 2 aromatic rings. The summed E-state index contributed by atoms with van der Waals surface area (Å²) < 4.78 is 37.9. The molecule has 198 valence electrons. The maximum Gasteiger partial charge on any atom is 0.196 e. The van der Waals surface area contributed by atoms with E-state index in [1.165, 1.54) is 0 Å². The number of rotatable bonds is 15. The maximum absolute atomic E-state index is 9.06. The molecule has 0 fully saturated rings. The van der Waals surface area contributed by atoms with Crippen molar-refractivity contribution in [2.24, 2.45) is 0 Å². The minimum atomic E-state index is -0.315. The van der Waals surface area contributed by atoms with E-state index in [2.05, 4.69) is 0 Å². The molecule has 1 N–H and O–H groups in total. The highest BCUT2D eigenvalue weighted by atomic mass is 16.7. The van der Waals surface area contributed by atoms with Crippen LogP contribution in [0.1, 0.15) is 38.8 Å². The predicted molar refractivity (Wildman–Crippen MR) is 136 cm³/mol. The molecule has 0 amide bonds. The van der Waals surface area contributed by atoms with E-state index in [-0.39, 0.29) is 19.2 Å². The number of hydrogen-bond acceptors (Lipinski definition) is 8. The molecule has 0 aliphatic carbocycles. The van der Waals surface area contributed by atoms with Crippen LogP contribution in [0.4, 0.5) is 0 Å². The van der Waals surface area contributed by atoms with Crippen molar-refractivity contribution in [1.82, 2.24) is 0 Å². The lowest BCUT2D eigenvalue weighted by Crippen LogP contribution is -2.17. The van der Waals surface area contributed by atoms with E-state index < -0.39 is 0 Å². The zero-order valence-electron chi connectivity index (χ0n) is 22.2. The number of aliphatic hydroxyl groups is 1. The molecule has 0 aliphatic heterocycles. The SMILES string of the molecule is CCOC(C)Oc1cccc(OC)c1CCO.CCOC(C)Oc1cccc(OC)c1CCOC. The molecule has 0 heterocycles. The second-order valence-electron chi connectivity index (χ2n) is 7.37. The van der Waals surface area contributed by atoms with Gasteiger partial charge in [-0.1, -0.05) is 12.1 Å². The normalized spacial score (nSPS) is 12.2. The topological polar surface area (TPSA) is 84.8 Å². The average molecular weight is 495 g/mol. The second-order valence-corrected chi connectivity index (χ2v) is 7.37. The fraction of sp³-hybridized carbons (Fsp3) is 0.556. The molecule has 8 nitrogen and oxygen atoms in total. The van der Waals surface area contributed by atoms with E-state index in [1.807, 2.05) is 64.1 Å². The Kier molecular flexibility index (Phi) is 15.6. The first-order valence-corrected chi connectivity index (χ1v) is 11.9. The Labute approximate surface area is 210 Å². The molecule has 0 radical (unpaired) electrons. The summed E-state index contributed by atoms with van der Waals surface area (Å²) in [5, 5.41) is 9.06. The van der Waals surface area contributed by atoms with Crippen LogP contribution in [0.5, 0.6) is 23.0 Å². The number of methoxy groups -OCH3 is 3. The summed E-state index contributed by atoms with van der Waals surface area (Å²) >= 11 is 0. The smallest absolute Gasteiger partial charge is 0.196 e. The van der Waals surface area contributed by atoms with Gasteiger partial charge in [0, 0.05) is 50.9 Å². The molecule has 0 saturated heterocycles. The van der Waals surface area contributed by atoms with Gasteiger partial charge >= 0.3 is 0 Å². The standard InChI is InChI=1S/C14H22O4.C13H20O4/c1-5-17-11(2)18-14-8-6-7-13(16-4)12(14)9-10-15-3;1-4-16-10(2)17-13-7-5-6-12(15-3)11(13)8-9-14/h6-8,11H,5,9-10H2,1-4H3;5-7,10,14H,4,8-9H2,1-3H3. The lowest BCUT2D eigenvalue weighted by atomic mass is 10.1. The van der Waals surface area contributed by atoms with Crippen LogP contribution in [-0.4, -0.2) is 65.4 Å². The molecule has 0 aromatic heterocycles. The van der Waals surface area contributed by atoms with Gasteiger partial charge in [0.05, 0.1) is 20.8 Å². The zero-order chi connectivity index (χ0) is 26.1. The summed E-state index contributed by atoms with van der Waals surface area (Å²) in [6.45, 7) is 9.48. The number of aliphatic hydroxyl groups excluding tert-OH is 1. The van der Waals surface area contributed by atoms with Crippen LogP contribution in [0.25, 0.3) is 0 Å². The van der Waals surface area contributed by atoms with Gasteiger partial charge in [0.2, 0.25) is 0 Å². The van der Waals surface area contributed by atoms with Crippen LogP contribution in [0.3, 0.4) is 0 Å². The molecule has 2 atom stereocenters. The van der Waals surface area contributed by atoms with Crippen molar-refractivity contribution in [3.63, 3.8) is 0 Å². The Morgan fingerprint density at radius 2 is 1.11 bits per heavy atom. The van der Waals surface area contributed by atoms with E-state index in [9.17, 15) is 0 Å². The zero-order valence-corrected chi connectivity index (χ0v) is 22.2. The first-order chi connectivity index (χ1) is 16.9. The fourth-order valence-electron chi connectivity index (χ4n) is 3.40. The summed E-state index contributed by atoms with van der Waals surface area (Å²) in [5.74, 6) is 3.01. The quantitative estimate of drug-likeness (QED) is 0.359. The largest absolute Gasteiger partial charge is 0.496 e. The predicted octanol–water partition coefficient (Wildman–Crippen LogP) is 4.64. The molecule has 8 heteroatoms. The van der Waals surface area contributed by atoms with E-state index >= 15 is 0 Å². The van der Waals surface area contributed by atoms with E-state index in [4.69, 9.17) is 38.3 Å². The first-order valence-electron chi connectivity index (χ1n) is 11.9. The molecule has 0 spiro atoms. The average Bonchev–Trinajstić information content (AvgIpc) is 2.85. The van der Waals surface area contributed by atoms with Crippen LogP contribution >= 0.6 is 0 Å². The van der Waals surface area contributed by atoms with Gasteiger partial charge in [-0.3, -0.25) is 0 Å². The highest BCUT2D eigenvalue weighted by Crippen LogP contribution is 2.30. The molecule has 0 bridgehead atoms. The molecule has 35 heavy (non-hydrogen) atoms. The Morgan fingerprint density at radius 3 is 1.49 bits per heavy atom. The van der Waals surface area contributed by atoms with Crippen molar-refractivity contribution < 1.29 is 38.3 Å². The lowest BCUT2D eigenvalue weighted by Gasteiger charge is -2.18. The van der Waals surface area contributed by atoms with Gasteiger partial charge in [0.25, 0.3) is 0 Å². The molecule has 2 aromatic carbocycles. The Morgan fingerprint density at radius 1 is 0.686 bits per heavy atom. The molecule has 2 unspecified atom stereocenters. The summed E-state index contributed by atoms with van der Waals surface area (Å²) in [5.41, 5.74) is 1.87. The minimum absolute atomic E-state index is 0.0553. The van der Waals surface area contributed by atoms with Crippen LogP contribution in [-0.2, 0) is 27.1 Å². The second kappa shape index (κ2) is 17.8. The Balaban J connectivity index is 0.000000351. The summed E-state index contributed by atoms with van der Waals surface area (Å²) in [4.78, 5) is 0. The molecule has 0 aliphatic rings. The maximum atomic E-state index is 9.06. The first kappa shape index (κ1) is 30.5. The van der Waals surface area contributed by atoms with Crippen molar-refractivity contribution in [3.05, 3.63) is 47.5 Å². The summed E-state index contributed by atoms with van der Waals surface area (Å²) in [6, 6.07) is 11.3. The Bertz CT molecular complexity index is 827. The van der Waals surface area contributed by atoms with Crippen LogP contribution in [0.15, 0.2) is 36.4 Å². The Hall–Kier alpha value is -2.52. The van der Waals surface area contributed by atoms with Gasteiger partial charge in [-0.25, -0.2) is 0 Å². The van der Waals surface area contributed by atoms with Crippen LogP contribution in [0, 0.1) is 0 Å². The van der Waals surface area contributed by atoms with Crippen molar-refractivity contribution >= 4 is 0 Å². The number of hydrogen-bond donors (Lipinski definition) is 1. The van der Waals surface area contributed by atoms with E-state index in [1.54, 1.807) is 21.3 Å².